The summed E-state index contributed by atoms with van der Waals surface area (Å²) >= 11 is 0. The number of anilines is 1. The number of H-pyrrole nitrogens is 1. The van der Waals surface area contributed by atoms with E-state index >= 15 is 4.39 Å². The van der Waals surface area contributed by atoms with E-state index in [1.807, 2.05) is 0 Å². The van der Waals surface area contributed by atoms with Crippen molar-refractivity contribution in [2.75, 3.05) is 5.32 Å². The van der Waals surface area contributed by atoms with E-state index in [1.54, 1.807) is 36.4 Å². The highest BCUT2D eigenvalue weighted by Gasteiger charge is 2.28. The molecule has 3 N–H and O–H groups in total. The fraction of sp³-hybridized carbons (Fsp3) is 0.0800. The number of aromatic nitrogens is 2. The van der Waals surface area contributed by atoms with Crippen molar-refractivity contribution in [3.8, 4) is 11.1 Å². The molecule has 0 fully saturated rings. The third kappa shape index (κ3) is 2.87. The van der Waals surface area contributed by atoms with Gasteiger partial charge in [0, 0.05) is 28.4 Å². The number of furan rings is 1. The van der Waals surface area contributed by atoms with Crippen LogP contribution in [0.25, 0.3) is 33.0 Å². The number of halogens is 1. The van der Waals surface area contributed by atoms with Crippen molar-refractivity contribution in [1.82, 2.24) is 9.55 Å². The highest BCUT2D eigenvalue weighted by molar-refractivity contribution is 6.17. The largest absolute Gasteiger partial charge is 0.477 e. The number of carboxylic acids is 1. The van der Waals surface area contributed by atoms with E-state index in [-0.39, 0.29) is 41.3 Å². The maximum absolute atomic E-state index is 15.0. The van der Waals surface area contributed by atoms with Crippen molar-refractivity contribution in [2.24, 2.45) is 0 Å². The lowest BCUT2D eigenvalue weighted by atomic mass is 10.0. The molecule has 168 valence electrons. The molecule has 34 heavy (non-hydrogen) atoms. The van der Waals surface area contributed by atoms with Crippen LogP contribution in [-0.4, -0.2) is 26.5 Å². The lowest BCUT2D eigenvalue weighted by Crippen LogP contribution is -2.14. The summed E-state index contributed by atoms with van der Waals surface area (Å²) in [6, 6.07) is 11.2. The van der Waals surface area contributed by atoms with Crippen LogP contribution >= 0.6 is 0 Å². The highest BCUT2D eigenvalue weighted by Crippen LogP contribution is 2.39. The molecule has 6 rings (SSSR count). The molecular weight excluding hydrogens is 441 g/mol. The number of hydrogen-bond donors (Lipinski definition) is 3. The Bertz CT molecular complexity index is 1730. The number of carboxylic acid groups (broad SMARTS) is 1. The van der Waals surface area contributed by atoms with E-state index in [9.17, 15) is 19.5 Å². The monoisotopic (exact) mass is 457 g/mol. The van der Waals surface area contributed by atoms with E-state index < -0.39 is 17.3 Å². The number of hydrogen-bond acceptors (Lipinski definition) is 4. The molecule has 0 unspecified atom stereocenters. The van der Waals surface area contributed by atoms with Gasteiger partial charge >= 0.3 is 5.97 Å². The number of rotatable bonds is 4. The first-order valence-corrected chi connectivity index (χ1v) is 10.5. The molecule has 4 heterocycles. The third-order valence-corrected chi connectivity index (χ3v) is 6.16. The molecule has 8 nitrogen and oxygen atoms in total. The molecule has 0 radical (unpaired) electrons. The Morgan fingerprint density at radius 2 is 2.03 bits per heavy atom. The maximum atomic E-state index is 15.0. The second-order valence-corrected chi connectivity index (χ2v) is 8.15. The molecule has 2 aromatic carbocycles. The predicted octanol–water partition coefficient (Wildman–Crippen LogP) is 4.12. The molecule has 0 atom stereocenters. The van der Waals surface area contributed by atoms with E-state index in [0.29, 0.717) is 27.7 Å². The van der Waals surface area contributed by atoms with Crippen LogP contribution in [0.4, 0.5) is 10.1 Å². The average molecular weight is 457 g/mol. The van der Waals surface area contributed by atoms with Gasteiger partial charge in [-0.25, -0.2) is 9.18 Å². The number of carbonyl (C=O) groups excluding carboxylic acids is 1. The third-order valence-electron chi connectivity index (χ3n) is 6.16. The topological polar surface area (TPSA) is 117 Å². The summed E-state index contributed by atoms with van der Waals surface area (Å²) in [4.78, 5) is 39.6. The molecule has 1 aliphatic heterocycles. The van der Waals surface area contributed by atoms with Crippen LogP contribution < -0.4 is 10.9 Å². The number of nitrogens with one attached hydrogen (secondary N) is 2. The van der Waals surface area contributed by atoms with Gasteiger partial charge in [-0.1, -0.05) is 0 Å². The fourth-order valence-corrected chi connectivity index (χ4v) is 4.72. The average Bonchev–Trinajstić information content (AvgIpc) is 3.49. The summed E-state index contributed by atoms with van der Waals surface area (Å²) in [5, 5.41) is 14.0. The zero-order valence-corrected chi connectivity index (χ0v) is 17.5. The van der Waals surface area contributed by atoms with Crippen LogP contribution in [0.1, 0.15) is 21.6 Å². The Balaban J connectivity index is 1.68. The van der Waals surface area contributed by atoms with E-state index in [4.69, 9.17) is 4.42 Å². The Labute approximate surface area is 190 Å². The van der Waals surface area contributed by atoms with Crippen LogP contribution in [0.5, 0.6) is 0 Å². The van der Waals surface area contributed by atoms with Crippen molar-refractivity contribution in [3.05, 3.63) is 87.9 Å². The summed E-state index contributed by atoms with van der Waals surface area (Å²) in [6.07, 6.45) is 3.08. The molecular formula is C25H16FN3O5. The van der Waals surface area contributed by atoms with Gasteiger partial charge in [-0.05, 0) is 48.0 Å². The summed E-state index contributed by atoms with van der Waals surface area (Å²) in [6.45, 7) is -0.123. The SMILES string of the molecule is O=C1Cc2cc(Cn3c(C(=O)O)c(-c4ccc[nH]c4=O)c4c5occc5ccc43)c(F)cc2N1. The number of fused-ring (bicyclic) bond motifs is 4. The number of aromatic carboxylic acids is 1. The first-order valence-electron chi connectivity index (χ1n) is 10.5. The molecule has 0 bridgehead atoms. The van der Waals surface area contributed by atoms with Gasteiger partial charge in [0.05, 0.1) is 35.7 Å². The van der Waals surface area contributed by atoms with Gasteiger partial charge < -0.3 is 24.4 Å². The van der Waals surface area contributed by atoms with E-state index in [2.05, 4.69) is 10.3 Å². The molecule has 9 heteroatoms. The number of amides is 1. The van der Waals surface area contributed by atoms with Crippen molar-refractivity contribution >= 4 is 39.4 Å². The minimum Gasteiger partial charge on any atom is -0.477 e. The Hall–Kier alpha value is -4.66. The zero-order valence-electron chi connectivity index (χ0n) is 17.5. The summed E-state index contributed by atoms with van der Waals surface area (Å²) in [5.74, 6) is -2.07. The first-order chi connectivity index (χ1) is 16.4. The lowest BCUT2D eigenvalue weighted by molar-refractivity contribution is -0.115. The molecule has 1 aliphatic rings. The fourth-order valence-electron chi connectivity index (χ4n) is 4.72. The lowest BCUT2D eigenvalue weighted by Gasteiger charge is -2.12. The molecule has 1 amide bonds. The van der Waals surface area contributed by atoms with Crippen LogP contribution in [-0.2, 0) is 17.8 Å². The van der Waals surface area contributed by atoms with Gasteiger partial charge in [-0.2, -0.15) is 0 Å². The molecule has 5 aromatic rings. The summed E-state index contributed by atoms with van der Waals surface area (Å²) in [7, 11) is 0. The van der Waals surface area contributed by atoms with Gasteiger partial charge in [0.15, 0.2) is 0 Å². The van der Waals surface area contributed by atoms with E-state index in [0.717, 1.165) is 5.39 Å². The standard InChI is InChI=1S/C25H16FN3O5/c26-16-10-17-13(9-19(30)28-17)8-14(16)11-29-18-4-3-12-5-7-34-23(12)21(18)20(22(29)25(32)33)15-2-1-6-27-24(15)31/h1-8,10H,9,11H2,(H,27,31)(H,28,30)(H,32,33). The maximum Gasteiger partial charge on any atom is 0.353 e. The zero-order chi connectivity index (χ0) is 23.6. The number of nitrogens with zero attached hydrogens (tertiary/aromatic N) is 1. The number of pyridine rings is 1. The van der Waals surface area contributed by atoms with Crippen LogP contribution in [0.2, 0.25) is 0 Å². The van der Waals surface area contributed by atoms with Gasteiger partial charge in [0.25, 0.3) is 5.56 Å². The number of aromatic amines is 1. The van der Waals surface area contributed by atoms with Crippen LogP contribution in [0, 0.1) is 5.82 Å². The summed E-state index contributed by atoms with van der Waals surface area (Å²) in [5.41, 5.74) is 1.93. The van der Waals surface area contributed by atoms with Gasteiger partial charge in [0.1, 0.15) is 17.1 Å². The van der Waals surface area contributed by atoms with Gasteiger partial charge in [-0.15, -0.1) is 0 Å². The smallest absolute Gasteiger partial charge is 0.353 e. The van der Waals surface area contributed by atoms with Crippen molar-refractivity contribution in [1.29, 1.82) is 0 Å². The first kappa shape index (κ1) is 20.0. The van der Waals surface area contributed by atoms with Gasteiger partial charge in [-0.3, -0.25) is 9.59 Å². The normalized spacial score (nSPS) is 12.9. The summed E-state index contributed by atoms with van der Waals surface area (Å²) < 4.78 is 22.2. The second-order valence-electron chi connectivity index (χ2n) is 8.15. The number of benzene rings is 2. The molecule has 0 aliphatic carbocycles. The minimum absolute atomic E-state index is 0.123. The Morgan fingerprint density at radius 1 is 1.18 bits per heavy atom. The predicted molar refractivity (Wildman–Crippen MR) is 123 cm³/mol. The second kappa shape index (κ2) is 7.17. The molecule has 0 spiro atoms. The van der Waals surface area contributed by atoms with Crippen molar-refractivity contribution in [2.45, 2.75) is 13.0 Å². The minimum atomic E-state index is -1.27. The molecule has 0 saturated heterocycles. The highest BCUT2D eigenvalue weighted by atomic mass is 19.1. The van der Waals surface area contributed by atoms with Gasteiger partial charge in [0.2, 0.25) is 5.91 Å². The number of carbonyl (C=O) groups is 2. The Morgan fingerprint density at radius 3 is 2.82 bits per heavy atom. The van der Waals surface area contributed by atoms with Crippen LogP contribution in [0.15, 0.2) is 64.1 Å². The van der Waals surface area contributed by atoms with E-state index in [1.165, 1.54) is 23.1 Å². The van der Waals surface area contributed by atoms with Crippen molar-refractivity contribution in [3.63, 3.8) is 0 Å². The molecule has 0 saturated carbocycles. The van der Waals surface area contributed by atoms with Crippen LogP contribution in [0.3, 0.4) is 0 Å². The quantitative estimate of drug-likeness (QED) is 0.375. The van der Waals surface area contributed by atoms with Crippen molar-refractivity contribution < 1.29 is 23.5 Å². The Kier molecular flexibility index (Phi) is 4.22. The molecule has 3 aromatic heterocycles.